The van der Waals surface area contributed by atoms with E-state index in [1.807, 2.05) is 13.8 Å². The standard InChI is InChI=1S/C12H23NO3/c1-7-9(14)10(8(2)3)13-11(15)16-12(4,5)6/h7-10,14H,1H2,2-6H3,(H,13,15). The lowest BCUT2D eigenvalue weighted by Gasteiger charge is -2.27. The van der Waals surface area contributed by atoms with Crippen LogP contribution in [0.4, 0.5) is 4.79 Å². The molecule has 0 aliphatic rings. The van der Waals surface area contributed by atoms with Gasteiger partial charge in [-0.1, -0.05) is 19.9 Å². The summed E-state index contributed by atoms with van der Waals surface area (Å²) in [5.41, 5.74) is -0.537. The summed E-state index contributed by atoms with van der Waals surface area (Å²) < 4.78 is 5.12. The van der Waals surface area contributed by atoms with Crippen LogP contribution in [0.15, 0.2) is 12.7 Å². The van der Waals surface area contributed by atoms with Crippen LogP contribution in [0.25, 0.3) is 0 Å². The number of nitrogens with one attached hydrogen (secondary N) is 1. The maximum Gasteiger partial charge on any atom is 0.407 e. The summed E-state index contributed by atoms with van der Waals surface area (Å²) in [7, 11) is 0. The topological polar surface area (TPSA) is 58.6 Å². The van der Waals surface area contributed by atoms with Gasteiger partial charge in [0.05, 0.1) is 12.1 Å². The second-order valence-corrected chi connectivity index (χ2v) is 5.14. The number of aliphatic hydroxyl groups is 1. The molecule has 4 nitrogen and oxygen atoms in total. The third-order valence-electron chi connectivity index (χ3n) is 2.01. The van der Waals surface area contributed by atoms with Crippen LogP contribution >= 0.6 is 0 Å². The van der Waals surface area contributed by atoms with E-state index in [1.54, 1.807) is 20.8 Å². The van der Waals surface area contributed by atoms with Crippen molar-refractivity contribution in [1.82, 2.24) is 5.32 Å². The fraction of sp³-hybridized carbons (Fsp3) is 0.750. The molecule has 0 saturated carbocycles. The van der Waals surface area contributed by atoms with Crippen LogP contribution in [0.2, 0.25) is 0 Å². The zero-order valence-electron chi connectivity index (χ0n) is 10.8. The first-order valence-corrected chi connectivity index (χ1v) is 5.47. The van der Waals surface area contributed by atoms with Crippen molar-refractivity contribution < 1.29 is 14.6 Å². The Morgan fingerprint density at radius 1 is 1.44 bits per heavy atom. The molecule has 16 heavy (non-hydrogen) atoms. The van der Waals surface area contributed by atoms with E-state index >= 15 is 0 Å². The molecule has 0 bridgehead atoms. The minimum absolute atomic E-state index is 0.0977. The number of carbonyl (C=O) groups excluding carboxylic acids is 1. The fourth-order valence-electron chi connectivity index (χ4n) is 1.24. The summed E-state index contributed by atoms with van der Waals surface area (Å²) >= 11 is 0. The van der Waals surface area contributed by atoms with Gasteiger partial charge in [0, 0.05) is 0 Å². The van der Waals surface area contributed by atoms with Gasteiger partial charge in [0.25, 0.3) is 0 Å². The normalized spacial score (nSPS) is 15.4. The molecule has 0 aliphatic carbocycles. The lowest BCUT2D eigenvalue weighted by molar-refractivity contribution is 0.0423. The lowest BCUT2D eigenvalue weighted by Crippen LogP contribution is -2.47. The van der Waals surface area contributed by atoms with Crippen LogP contribution in [-0.4, -0.2) is 28.9 Å². The minimum Gasteiger partial charge on any atom is -0.444 e. The van der Waals surface area contributed by atoms with E-state index in [2.05, 4.69) is 11.9 Å². The van der Waals surface area contributed by atoms with Gasteiger partial charge in [0.2, 0.25) is 0 Å². The van der Waals surface area contributed by atoms with Crippen LogP contribution in [-0.2, 0) is 4.74 Å². The highest BCUT2D eigenvalue weighted by molar-refractivity contribution is 5.68. The monoisotopic (exact) mass is 229 g/mol. The molecule has 2 N–H and O–H groups in total. The predicted octanol–water partition coefficient (Wildman–Crippen LogP) is 2.08. The third-order valence-corrected chi connectivity index (χ3v) is 2.01. The second-order valence-electron chi connectivity index (χ2n) is 5.14. The Labute approximate surface area is 97.7 Å². The van der Waals surface area contributed by atoms with Gasteiger partial charge in [-0.15, -0.1) is 6.58 Å². The number of alkyl carbamates (subject to hydrolysis) is 1. The molecule has 0 aromatic heterocycles. The zero-order chi connectivity index (χ0) is 12.9. The molecule has 0 rings (SSSR count). The van der Waals surface area contributed by atoms with Gasteiger partial charge in [-0.05, 0) is 26.7 Å². The van der Waals surface area contributed by atoms with Crippen molar-refractivity contribution in [2.75, 3.05) is 0 Å². The Morgan fingerprint density at radius 3 is 2.25 bits per heavy atom. The van der Waals surface area contributed by atoms with Gasteiger partial charge in [0.15, 0.2) is 0 Å². The average molecular weight is 229 g/mol. The van der Waals surface area contributed by atoms with Crippen molar-refractivity contribution in [3.05, 3.63) is 12.7 Å². The van der Waals surface area contributed by atoms with Crippen molar-refractivity contribution in [3.63, 3.8) is 0 Å². The van der Waals surface area contributed by atoms with E-state index in [0.29, 0.717) is 0 Å². The summed E-state index contributed by atoms with van der Waals surface area (Å²) in [5.74, 6) is 0.0977. The SMILES string of the molecule is C=CC(O)C(NC(=O)OC(C)(C)C)C(C)C. The highest BCUT2D eigenvalue weighted by Crippen LogP contribution is 2.11. The molecule has 2 atom stereocenters. The molecule has 94 valence electrons. The molecule has 0 aromatic rings. The summed E-state index contributed by atoms with van der Waals surface area (Å²) in [4.78, 5) is 11.5. The number of aliphatic hydroxyl groups excluding tert-OH is 1. The first kappa shape index (κ1) is 15.0. The Balaban J connectivity index is 4.41. The Kier molecular flexibility index (Phi) is 5.51. The highest BCUT2D eigenvalue weighted by Gasteiger charge is 2.25. The molecule has 0 saturated heterocycles. The van der Waals surface area contributed by atoms with Gasteiger partial charge >= 0.3 is 6.09 Å². The average Bonchev–Trinajstić information content (AvgIpc) is 2.09. The molecule has 0 heterocycles. The Bertz CT molecular complexity index is 243. The van der Waals surface area contributed by atoms with Gasteiger partial charge in [0.1, 0.15) is 5.60 Å². The van der Waals surface area contributed by atoms with Gasteiger partial charge in [-0.25, -0.2) is 4.79 Å². The fourth-order valence-corrected chi connectivity index (χ4v) is 1.24. The van der Waals surface area contributed by atoms with Crippen molar-refractivity contribution in [2.24, 2.45) is 5.92 Å². The molecule has 0 aromatic carbocycles. The molecule has 0 aliphatic heterocycles. The highest BCUT2D eigenvalue weighted by atomic mass is 16.6. The maximum atomic E-state index is 11.5. The van der Waals surface area contributed by atoms with Gasteiger partial charge in [-0.2, -0.15) is 0 Å². The molecule has 4 heteroatoms. The van der Waals surface area contributed by atoms with Gasteiger partial charge in [-0.3, -0.25) is 0 Å². The number of amides is 1. The maximum absolute atomic E-state index is 11.5. The van der Waals surface area contributed by atoms with Crippen molar-refractivity contribution >= 4 is 6.09 Å². The number of ether oxygens (including phenoxy) is 1. The zero-order valence-corrected chi connectivity index (χ0v) is 10.8. The second kappa shape index (κ2) is 5.89. The minimum atomic E-state index is -0.771. The number of carbonyl (C=O) groups is 1. The number of hydrogen-bond acceptors (Lipinski definition) is 3. The van der Waals surface area contributed by atoms with Crippen LogP contribution in [0.5, 0.6) is 0 Å². The van der Waals surface area contributed by atoms with E-state index < -0.39 is 17.8 Å². The van der Waals surface area contributed by atoms with E-state index in [1.165, 1.54) is 6.08 Å². The molecule has 1 amide bonds. The molecule has 0 radical (unpaired) electrons. The van der Waals surface area contributed by atoms with E-state index in [0.717, 1.165) is 0 Å². The smallest absolute Gasteiger partial charge is 0.407 e. The van der Waals surface area contributed by atoms with Crippen LogP contribution < -0.4 is 5.32 Å². The first-order valence-electron chi connectivity index (χ1n) is 5.47. The van der Waals surface area contributed by atoms with Crippen LogP contribution in [0, 0.1) is 5.92 Å². The van der Waals surface area contributed by atoms with E-state index in [9.17, 15) is 9.90 Å². The lowest BCUT2D eigenvalue weighted by atomic mass is 9.99. The summed E-state index contributed by atoms with van der Waals surface area (Å²) in [5, 5.41) is 12.3. The molecular formula is C12H23NO3. The largest absolute Gasteiger partial charge is 0.444 e. The molecule has 0 fully saturated rings. The molecular weight excluding hydrogens is 206 g/mol. The first-order chi connectivity index (χ1) is 7.17. The van der Waals surface area contributed by atoms with Crippen LogP contribution in [0.1, 0.15) is 34.6 Å². The number of hydrogen-bond donors (Lipinski definition) is 2. The molecule has 0 spiro atoms. The Hall–Kier alpha value is -1.03. The van der Waals surface area contributed by atoms with Crippen molar-refractivity contribution in [3.8, 4) is 0 Å². The van der Waals surface area contributed by atoms with E-state index in [4.69, 9.17) is 4.74 Å². The summed E-state index contributed by atoms with van der Waals surface area (Å²) in [6.07, 6.45) is 0.113. The van der Waals surface area contributed by atoms with Crippen LogP contribution in [0.3, 0.4) is 0 Å². The molecule has 2 unspecified atom stereocenters. The van der Waals surface area contributed by atoms with Crippen molar-refractivity contribution in [1.29, 1.82) is 0 Å². The third kappa shape index (κ3) is 5.75. The predicted molar refractivity (Wildman–Crippen MR) is 64.2 cm³/mol. The summed E-state index contributed by atoms with van der Waals surface area (Å²) in [6, 6.07) is -0.382. The number of rotatable bonds is 4. The van der Waals surface area contributed by atoms with E-state index in [-0.39, 0.29) is 12.0 Å². The Morgan fingerprint density at radius 2 is 1.94 bits per heavy atom. The summed E-state index contributed by atoms with van der Waals surface area (Å²) in [6.45, 7) is 12.7. The van der Waals surface area contributed by atoms with Crippen molar-refractivity contribution in [2.45, 2.75) is 52.4 Å². The quantitative estimate of drug-likeness (QED) is 0.726. The van der Waals surface area contributed by atoms with Gasteiger partial charge < -0.3 is 15.2 Å².